The molecule has 0 unspecified atom stereocenters. The molecular weight excluding hydrogens is 512 g/mol. The number of Topliss-reactive ketones (excluding diaryl/α,β-unsaturated/α-hetero) is 2. The Hall–Kier alpha value is -3.28. The predicted molar refractivity (Wildman–Crippen MR) is 178 cm³/mol. The van der Waals surface area contributed by atoms with E-state index in [2.05, 4.69) is 0 Å². The summed E-state index contributed by atoms with van der Waals surface area (Å²) in [5.41, 5.74) is 13.3. The average molecular weight is 575 g/mol. The highest BCUT2D eigenvalue weighted by atomic mass is 16.1. The molecule has 0 heterocycles. The third kappa shape index (κ3) is 36.7. The summed E-state index contributed by atoms with van der Waals surface area (Å²) in [5.74, 6) is -0.181. The van der Waals surface area contributed by atoms with Gasteiger partial charge in [0.25, 0.3) is 0 Å². The van der Waals surface area contributed by atoms with Crippen LogP contribution in [0.2, 0.25) is 0 Å². The van der Waals surface area contributed by atoms with Crippen LogP contribution < -0.4 is 11.5 Å². The number of nitrogens with two attached hydrogens (primary N) is 2. The molecular formula is C35H62N2O4. The number of aryl methyl sites for hydroxylation is 2. The fourth-order valence-corrected chi connectivity index (χ4v) is 2.87. The Morgan fingerprint density at radius 3 is 0.976 bits per heavy atom. The van der Waals surface area contributed by atoms with Gasteiger partial charge in [-0.25, -0.2) is 0 Å². The van der Waals surface area contributed by atoms with Crippen LogP contribution in [0.25, 0.3) is 0 Å². The summed E-state index contributed by atoms with van der Waals surface area (Å²) in [4.78, 5) is 42.3. The van der Waals surface area contributed by atoms with Crippen LogP contribution in [0.15, 0.2) is 48.5 Å². The molecule has 0 saturated carbocycles. The largest absolute Gasteiger partial charge is 0.366 e. The van der Waals surface area contributed by atoms with E-state index >= 15 is 0 Å². The number of benzene rings is 2. The number of carbonyl (C=O) groups is 4. The summed E-state index contributed by atoms with van der Waals surface area (Å²) >= 11 is 0. The zero-order valence-electron chi connectivity index (χ0n) is 28.4. The van der Waals surface area contributed by atoms with E-state index in [-0.39, 0.29) is 23.4 Å². The fraction of sp³-hybridized carbons (Fsp3) is 0.543. The Morgan fingerprint density at radius 1 is 0.512 bits per heavy atom. The summed E-state index contributed by atoms with van der Waals surface area (Å²) < 4.78 is 0. The van der Waals surface area contributed by atoms with Crippen LogP contribution in [0, 0.1) is 13.8 Å². The maximum absolute atomic E-state index is 10.6. The van der Waals surface area contributed by atoms with Crippen molar-refractivity contribution in [3.05, 3.63) is 70.8 Å². The highest BCUT2D eigenvalue weighted by Gasteiger charge is 1.98. The summed E-state index contributed by atoms with van der Waals surface area (Å²) in [5, 5.41) is 0. The number of hydrogen-bond acceptors (Lipinski definition) is 4. The molecule has 236 valence electrons. The molecule has 0 aliphatic heterocycles. The van der Waals surface area contributed by atoms with Crippen molar-refractivity contribution >= 4 is 23.4 Å². The lowest BCUT2D eigenvalue weighted by atomic mass is 10.1. The zero-order valence-corrected chi connectivity index (χ0v) is 28.4. The van der Waals surface area contributed by atoms with Crippen molar-refractivity contribution < 1.29 is 19.2 Å². The van der Waals surface area contributed by atoms with Crippen LogP contribution in [0.5, 0.6) is 0 Å². The highest BCUT2D eigenvalue weighted by Crippen LogP contribution is 2.07. The van der Waals surface area contributed by atoms with Crippen LogP contribution in [-0.4, -0.2) is 23.4 Å². The predicted octanol–water partition coefficient (Wildman–Crippen LogP) is 9.19. The standard InChI is InChI=1S/C11H20O2.2C8H9NO.4C2H6/c1-10(12)8-6-4-3-5-7-9-11(2)13;2*1-6-3-2-4-7(5-6)8(9)10;4*1-2/h3-9H2,1-2H3;2*2-5H,1H3,(H2,9,10);4*1-2H3. The Labute approximate surface area is 252 Å². The minimum atomic E-state index is -0.372. The Morgan fingerprint density at radius 2 is 0.780 bits per heavy atom. The SMILES string of the molecule is CC.CC.CC.CC.CC(=O)CCCCCCCC(C)=O.Cc1cccc(C(N)=O)c1.Cc1cccc(C(N)=O)c1. The number of primary amides is 2. The van der Waals surface area contributed by atoms with Gasteiger partial charge in [0, 0.05) is 24.0 Å². The molecule has 0 bridgehead atoms. The molecule has 2 aromatic carbocycles. The Balaban J connectivity index is -0.000000141. The van der Waals surface area contributed by atoms with E-state index < -0.39 is 0 Å². The number of ketones is 2. The second-order valence-corrected chi connectivity index (χ2v) is 8.14. The van der Waals surface area contributed by atoms with E-state index in [1.54, 1.807) is 38.1 Å². The molecule has 4 N–H and O–H groups in total. The van der Waals surface area contributed by atoms with Gasteiger partial charge in [-0.1, -0.05) is 110 Å². The van der Waals surface area contributed by atoms with Crippen LogP contribution in [-0.2, 0) is 9.59 Å². The molecule has 0 radical (unpaired) electrons. The van der Waals surface area contributed by atoms with Gasteiger partial charge >= 0.3 is 0 Å². The summed E-state index contributed by atoms with van der Waals surface area (Å²) in [6, 6.07) is 14.4. The van der Waals surface area contributed by atoms with Crippen molar-refractivity contribution in [2.24, 2.45) is 11.5 Å². The van der Waals surface area contributed by atoms with Gasteiger partial charge in [-0.05, 0) is 64.8 Å². The number of carbonyl (C=O) groups excluding carboxylic acids is 4. The second kappa shape index (κ2) is 36.7. The van der Waals surface area contributed by atoms with Gasteiger partial charge < -0.3 is 21.1 Å². The number of hydrogen-bond donors (Lipinski definition) is 2. The molecule has 0 atom stereocenters. The molecule has 0 spiro atoms. The monoisotopic (exact) mass is 574 g/mol. The van der Waals surface area contributed by atoms with Gasteiger partial charge in [0.2, 0.25) is 11.8 Å². The van der Waals surface area contributed by atoms with Crippen LogP contribution >= 0.6 is 0 Å². The molecule has 2 aromatic rings. The van der Waals surface area contributed by atoms with Gasteiger partial charge in [0.05, 0.1) is 0 Å². The normalized spacial score (nSPS) is 8.29. The van der Waals surface area contributed by atoms with Gasteiger partial charge in [-0.15, -0.1) is 0 Å². The first kappa shape index (κ1) is 47.5. The van der Waals surface area contributed by atoms with Crippen molar-refractivity contribution in [2.45, 2.75) is 128 Å². The third-order valence-electron chi connectivity index (χ3n) is 4.66. The van der Waals surface area contributed by atoms with Gasteiger partial charge in [0.1, 0.15) is 11.6 Å². The maximum Gasteiger partial charge on any atom is 0.248 e. The van der Waals surface area contributed by atoms with E-state index in [0.29, 0.717) is 24.0 Å². The molecule has 0 aromatic heterocycles. The molecule has 41 heavy (non-hydrogen) atoms. The summed E-state index contributed by atoms with van der Waals surface area (Å²) in [6.07, 6.45) is 6.85. The lowest BCUT2D eigenvalue weighted by Gasteiger charge is -1.98. The van der Waals surface area contributed by atoms with E-state index in [9.17, 15) is 19.2 Å². The summed E-state index contributed by atoms with van der Waals surface area (Å²) in [7, 11) is 0. The highest BCUT2D eigenvalue weighted by molar-refractivity contribution is 5.93. The first-order valence-corrected chi connectivity index (χ1v) is 15.2. The van der Waals surface area contributed by atoms with Gasteiger partial charge in [-0.2, -0.15) is 0 Å². The van der Waals surface area contributed by atoms with E-state index in [0.717, 1.165) is 43.2 Å². The lowest BCUT2D eigenvalue weighted by molar-refractivity contribution is -0.117. The molecule has 6 heteroatoms. The smallest absolute Gasteiger partial charge is 0.248 e. The average Bonchev–Trinajstić information content (AvgIpc) is 2.97. The fourth-order valence-electron chi connectivity index (χ4n) is 2.87. The second-order valence-electron chi connectivity index (χ2n) is 8.14. The topological polar surface area (TPSA) is 120 Å². The van der Waals surface area contributed by atoms with Gasteiger partial charge in [0.15, 0.2) is 0 Å². The van der Waals surface area contributed by atoms with Crippen molar-refractivity contribution in [2.75, 3.05) is 0 Å². The van der Waals surface area contributed by atoms with Crippen molar-refractivity contribution in [1.82, 2.24) is 0 Å². The minimum absolute atomic E-state index is 0.281. The van der Waals surface area contributed by atoms with Crippen molar-refractivity contribution in [3.63, 3.8) is 0 Å². The first-order chi connectivity index (χ1) is 19.5. The number of amides is 2. The summed E-state index contributed by atoms with van der Waals surface area (Å²) in [6.45, 7) is 23.1. The van der Waals surface area contributed by atoms with Crippen LogP contribution in [0.3, 0.4) is 0 Å². The molecule has 0 aliphatic carbocycles. The van der Waals surface area contributed by atoms with Crippen molar-refractivity contribution in [1.29, 1.82) is 0 Å². The molecule has 0 fully saturated rings. The molecule has 6 nitrogen and oxygen atoms in total. The van der Waals surface area contributed by atoms with Gasteiger partial charge in [-0.3, -0.25) is 9.59 Å². The Kier molecular flexibility index (Phi) is 42.5. The first-order valence-electron chi connectivity index (χ1n) is 15.2. The van der Waals surface area contributed by atoms with Crippen LogP contribution in [0.4, 0.5) is 0 Å². The van der Waals surface area contributed by atoms with E-state index in [4.69, 9.17) is 11.5 Å². The Bertz CT molecular complexity index is 835. The molecule has 0 aliphatic rings. The minimum Gasteiger partial charge on any atom is -0.366 e. The van der Waals surface area contributed by atoms with E-state index in [1.807, 2.05) is 93.5 Å². The number of unbranched alkanes of at least 4 members (excludes halogenated alkanes) is 4. The number of rotatable bonds is 10. The van der Waals surface area contributed by atoms with Crippen LogP contribution in [0.1, 0.15) is 146 Å². The third-order valence-corrected chi connectivity index (χ3v) is 4.66. The van der Waals surface area contributed by atoms with E-state index in [1.165, 1.54) is 0 Å². The lowest BCUT2D eigenvalue weighted by Crippen LogP contribution is -2.10. The quantitative estimate of drug-likeness (QED) is 0.275. The van der Waals surface area contributed by atoms with Crippen molar-refractivity contribution in [3.8, 4) is 0 Å². The maximum atomic E-state index is 10.6. The molecule has 0 saturated heterocycles. The zero-order chi connectivity index (χ0) is 33.2. The molecule has 2 rings (SSSR count). The molecule has 2 amide bonds.